The van der Waals surface area contributed by atoms with Gasteiger partial charge in [-0.1, -0.05) is 11.2 Å². The number of amidine groups is 1. The zero-order valence-corrected chi connectivity index (χ0v) is 10.7. The van der Waals surface area contributed by atoms with Gasteiger partial charge in [0.05, 0.1) is 6.10 Å². The van der Waals surface area contributed by atoms with E-state index in [2.05, 4.69) is 15.0 Å². The second-order valence-electron chi connectivity index (χ2n) is 4.37. The van der Waals surface area contributed by atoms with E-state index in [0.29, 0.717) is 18.7 Å². The van der Waals surface area contributed by atoms with Crippen LogP contribution in [0.1, 0.15) is 24.6 Å². The van der Waals surface area contributed by atoms with Crippen molar-refractivity contribution in [3.05, 3.63) is 29.6 Å². The molecule has 6 nitrogen and oxygen atoms in total. The van der Waals surface area contributed by atoms with Gasteiger partial charge in [0.25, 0.3) is 0 Å². The largest absolute Gasteiger partial charge is 0.409 e. The molecule has 0 saturated carbocycles. The summed E-state index contributed by atoms with van der Waals surface area (Å²) in [5.74, 6) is 0.00882. The van der Waals surface area contributed by atoms with Crippen molar-refractivity contribution in [2.45, 2.75) is 26.0 Å². The van der Waals surface area contributed by atoms with Gasteiger partial charge in [-0.15, -0.1) is 0 Å². The fourth-order valence-electron chi connectivity index (χ4n) is 1.62. The molecule has 100 valence electrons. The molecule has 1 unspecified atom stereocenters. The molecule has 0 aliphatic heterocycles. The van der Waals surface area contributed by atoms with Gasteiger partial charge < -0.3 is 20.9 Å². The van der Waals surface area contributed by atoms with Gasteiger partial charge in [0.15, 0.2) is 5.84 Å². The first-order valence-electron chi connectivity index (χ1n) is 5.83. The molecule has 1 aromatic heterocycles. The Bertz CT molecular complexity index is 407. The Hall–Kier alpha value is -1.66. The van der Waals surface area contributed by atoms with Crippen LogP contribution in [-0.4, -0.2) is 45.7 Å². The molecule has 0 spiro atoms. The molecule has 4 N–H and O–H groups in total. The van der Waals surface area contributed by atoms with Crippen molar-refractivity contribution in [1.82, 2.24) is 9.88 Å². The molecule has 1 heterocycles. The van der Waals surface area contributed by atoms with Crippen LogP contribution in [0.15, 0.2) is 23.5 Å². The highest BCUT2D eigenvalue weighted by Crippen LogP contribution is 2.08. The number of hydrogen-bond donors (Lipinski definition) is 3. The van der Waals surface area contributed by atoms with Gasteiger partial charge in [0.1, 0.15) is 5.69 Å². The molecule has 0 fully saturated rings. The monoisotopic (exact) mass is 252 g/mol. The Kier molecular flexibility index (Phi) is 5.54. The first-order valence-corrected chi connectivity index (χ1v) is 5.83. The zero-order chi connectivity index (χ0) is 13.5. The highest BCUT2D eigenvalue weighted by molar-refractivity contribution is 5.96. The fourth-order valence-corrected chi connectivity index (χ4v) is 1.62. The number of hydrogen-bond acceptors (Lipinski definition) is 5. The van der Waals surface area contributed by atoms with Gasteiger partial charge in [-0.25, -0.2) is 0 Å². The predicted molar refractivity (Wildman–Crippen MR) is 69.4 cm³/mol. The smallest absolute Gasteiger partial charge is 0.189 e. The van der Waals surface area contributed by atoms with Crippen LogP contribution in [-0.2, 0) is 6.54 Å². The Morgan fingerprint density at radius 3 is 2.94 bits per heavy atom. The van der Waals surface area contributed by atoms with Crippen molar-refractivity contribution in [3.63, 3.8) is 0 Å². The molecule has 1 aromatic rings. The summed E-state index contributed by atoms with van der Waals surface area (Å²) in [5, 5.41) is 20.9. The molecule has 0 radical (unpaired) electrons. The summed E-state index contributed by atoms with van der Waals surface area (Å²) in [7, 11) is 1.95. The van der Waals surface area contributed by atoms with Crippen molar-refractivity contribution in [1.29, 1.82) is 0 Å². The van der Waals surface area contributed by atoms with Crippen LogP contribution in [0.25, 0.3) is 0 Å². The average molecular weight is 252 g/mol. The molecule has 0 aliphatic rings. The van der Waals surface area contributed by atoms with Crippen LogP contribution in [0, 0.1) is 0 Å². The molecule has 0 bridgehead atoms. The topological polar surface area (TPSA) is 95.0 Å². The molecule has 0 amide bonds. The lowest BCUT2D eigenvalue weighted by Crippen LogP contribution is -2.25. The Labute approximate surface area is 107 Å². The van der Waals surface area contributed by atoms with Gasteiger partial charge >= 0.3 is 0 Å². The summed E-state index contributed by atoms with van der Waals surface area (Å²) in [5.41, 5.74) is 6.95. The van der Waals surface area contributed by atoms with Crippen LogP contribution in [0.5, 0.6) is 0 Å². The van der Waals surface area contributed by atoms with Crippen LogP contribution in [0.2, 0.25) is 0 Å². The van der Waals surface area contributed by atoms with Crippen molar-refractivity contribution in [2.75, 3.05) is 13.6 Å². The van der Waals surface area contributed by atoms with Gasteiger partial charge in [0, 0.05) is 19.3 Å². The number of aliphatic hydroxyl groups is 1. The first kappa shape index (κ1) is 14.4. The minimum atomic E-state index is -0.315. The number of nitrogens with zero attached hydrogens (tertiary/aromatic N) is 3. The van der Waals surface area contributed by atoms with Gasteiger partial charge in [-0.2, -0.15) is 0 Å². The summed E-state index contributed by atoms with van der Waals surface area (Å²) in [6.45, 7) is 3.16. The van der Waals surface area contributed by atoms with E-state index in [1.165, 1.54) is 0 Å². The highest BCUT2D eigenvalue weighted by Gasteiger charge is 2.10. The molecular formula is C12H20N4O2. The fraction of sp³-hybridized carbons (Fsp3) is 0.500. The lowest BCUT2D eigenvalue weighted by molar-refractivity contribution is 0.163. The number of oxime groups is 1. The minimum Gasteiger partial charge on any atom is -0.409 e. The van der Waals surface area contributed by atoms with Crippen molar-refractivity contribution >= 4 is 5.84 Å². The molecule has 1 rings (SSSR count). The van der Waals surface area contributed by atoms with Crippen LogP contribution >= 0.6 is 0 Å². The van der Waals surface area contributed by atoms with Gasteiger partial charge in [-0.05, 0) is 32.0 Å². The lowest BCUT2D eigenvalue weighted by atomic mass is 10.1. The van der Waals surface area contributed by atoms with E-state index < -0.39 is 0 Å². The summed E-state index contributed by atoms with van der Waals surface area (Å²) < 4.78 is 0. The summed E-state index contributed by atoms with van der Waals surface area (Å²) in [6.07, 6.45) is 1.99. The van der Waals surface area contributed by atoms with E-state index in [9.17, 15) is 5.11 Å². The molecule has 1 atom stereocenters. The van der Waals surface area contributed by atoms with E-state index in [-0.39, 0.29) is 11.9 Å². The van der Waals surface area contributed by atoms with Gasteiger partial charge in [-0.3, -0.25) is 4.98 Å². The van der Waals surface area contributed by atoms with Crippen molar-refractivity contribution in [3.8, 4) is 0 Å². The number of rotatable bonds is 6. The molecule has 6 heteroatoms. The standard InChI is InChI=1S/C12H20N4O2/c1-9(17)5-7-16(2)8-10-4-3-6-14-11(10)12(13)15-18/h3-4,6,9,17-18H,5,7-8H2,1-2H3,(H2,13,15). The third kappa shape index (κ3) is 4.31. The predicted octanol–water partition coefficient (Wildman–Crippen LogP) is 0.379. The maximum absolute atomic E-state index is 9.24. The maximum Gasteiger partial charge on any atom is 0.189 e. The minimum absolute atomic E-state index is 0.00882. The van der Waals surface area contributed by atoms with E-state index in [1.54, 1.807) is 13.1 Å². The summed E-state index contributed by atoms with van der Waals surface area (Å²) in [4.78, 5) is 6.16. The molecule has 0 aliphatic carbocycles. The number of nitrogens with two attached hydrogens (primary N) is 1. The maximum atomic E-state index is 9.24. The van der Waals surface area contributed by atoms with E-state index >= 15 is 0 Å². The number of pyridine rings is 1. The quantitative estimate of drug-likeness (QED) is 0.294. The third-order valence-corrected chi connectivity index (χ3v) is 2.61. The van der Waals surface area contributed by atoms with E-state index in [4.69, 9.17) is 10.9 Å². The molecule has 0 saturated heterocycles. The lowest BCUT2D eigenvalue weighted by Gasteiger charge is -2.18. The van der Waals surface area contributed by atoms with Crippen LogP contribution < -0.4 is 5.73 Å². The Balaban J connectivity index is 2.72. The van der Waals surface area contributed by atoms with Crippen molar-refractivity contribution < 1.29 is 10.3 Å². The molecule has 18 heavy (non-hydrogen) atoms. The average Bonchev–Trinajstić information content (AvgIpc) is 2.36. The van der Waals surface area contributed by atoms with E-state index in [0.717, 1.165) is 12.1 Å². The summed E-state index contributed by atoms with van der Waals surface area (Å²) in [6, 6.07) is 3.70. The third-order valence-electron chi connectivity index (χ3n) is 2.61. The normalized spacial score (nSPS) is 13.9. The summed E-state index contributed by atoms with van der Waals surface area (Å²) >= 11 is 0. The number of aliphatic hydroxyl groups excluding tert-OH is 1. The molecular weight excluding hydrogens is 232 g/mol. The highest BCUT2D eigenvalue weighted by atomic mass is 16.4. The van der Waals surface area contributed by atoms with Crippen LogP contribution in [0.3, 0.4) is 0 Å². The second kappa shape index (κ2) is 6.93. The molecule has 0 aromatic carbocycles. The van der Waals surface area contributed by atoms with Crippen LogP contribution in [0.4, 0.5) is 0 Å². The number of aromatic nitrogens is 1. The van der Waals surface area contributed by atoms with Crippen molar-refractivity contribution in [2.24, 2.45) is 10.9 Å². The van der Waals surface area contributed by atoms with Gasteiger partial charge in [0.2, 0.25) is 0 Å². The second-order valence-corrected chi connectivity index (χ2v) is 4.37. The van der Waals surface area contributed by atoms with E-state index in [1.807, 2.05) is 19.2 Å². The zero-order valence-electron chi connectivity index (χ0n) is 10.7. The Morgan fingerprint density at radius 2 is 2.33 bits per heavy atom. The first-order chi connectivity index (χ1) is 8.54. The SMILES string of the molecule is CC(O)CCN(C)Cc1cccnc1/C(N)=N/O. The Morgan fingerprint density at radius 1 is 1.61 bits per heavy atom.